The fraction of sp³-hybridized carbons (Fsp3) is 0.312. The highest BCUT2D eigenvalue weighted by atomic mass is 35.5. The molecule has 0 atom stereocenters. The highest BCUT2D eigenvalue weighted by molar-refractivity contribution is 6.30. The molecule has 0 N–H and O–H groups in total. The topological polar surface area (TPSA) is 58.6 Å². The summed E-state index contributed by atoms with van der Waals surface area (Å²) in [5.74, 6) is 1.16. The normalized spacial score (nSPS) is 14.7. The number of halogens is 1. The van der Waals surface area contributed by atoms with Crippen molar-refractivity contribution in [1.82, 2.24) is 14.9 Å². The molecule has 1 amide bonds. The lowest BCUT2D eigenvalue weighted by Crippen LogP contribution is -2.49. The van der Waals surface area contributed by atoms with Gasteiger partial charge >= 0.3 is 0 Å². The number of hydrogen-bond donors (Lipinski definition) is 0. The van der Waals surface area contributed by atoms with Crippen molar-refractivity contribution in [3.63, 3.8) is 0 Å². The Morgan fingerprint density at radius 1 is 1.22 bits per heavy atom. The van der Waals surface area contributed by atoms with Gasteiger partial charge in [-0.05, 0) is 18.2 Å². The van der Waals surface area contributed by atoms with Gasteiger partial charge in [-0.2, -0.15) is 4.98 Å². The zero-order valence-corrected chi connectivity index (χ0v) is 13.5. The minimum atomic E-state index is -0.00119. The van der Waals surface area contributed by atoms with Crippen molar-refractivity contribution in [1.29, 1.82) is 0 Å². The third-order valence-electron chi connectivity index (χ3n) is 3.75. The van der Waals surface area contributed by atoms with Crippen LogP contribution in [0.4, 0.5) is 5.95 Å². The van der Waals surface area contributed by atoms with Crippen LogP contribution in [0.15, 0.2) is 36.5 Å². The van der Waals surface area contributed by atoms with Crippen LogP contribution in [0, 0.1) is 0 Å². The Morgan fingerprint density at radius 3 is 2.70 bits per heavy atom. The first-order valence-corrected chi connectivity index (χ1v) is 7.72. The number of piperazine rings is 1. The van der Waals surface area contributed by atoms with Crippen LogP contribution >= 0.6 is 11.6 Å². The fourth-order valence-corrected chi connectivity index (χ4v) is 2.70. The van der Waals surface area contributed by atoms with Gasteiger partial charge in [0.1, 0.15) is 0 Å². The first-order chi connectivity index (χ1) is 11.2. The van der Waals surface area contributed by atoms with Crippen LogP contribution in [-0.4, -0.2) is 54.1 Å². The molecule has 0 radical (unpaired) electrons. The van der Waals surface area contributed by atoms with Crippen molar-refractivity contribution in [2.75, 3.05) is 38.2 Å². The van der Waals surface area contributed by atoms with E-state index in [-0.39, 0.29) is 5.91 Å². The molecule has 0 saturated carbocycles. The van der Waals surface area contributed by atoms with E-state index in [2.05, 4.69) is 9.97 Å². The Bertz CT molecular complexity index is 702. The van der Waals surface area contributed by atoms with Gasteiger partial charge in [0, 0.05) is 49.0 Å². The molecule has 7 heteroatoms. The second-order valence-electron chi connectivity index (χ2n) is 5.19. The van der Waals surface area contributed by atoms with E-state index in [1.807, 2.05) is 9.80 Å². The lowest BCUT2D eigenvalue weighted by Gasteiger charge is -2.34. The molecule has 0 spiro atoms. The van der Waals surface area contributed by atoms with Crippen molar-refractivity contribution >= 4 is 23.5 Å². The van der Waals surface area contributed by atoms with E-state index in [1.165, 1.54) is 0 Å². The van der Waals surface area contributed by atoms with Crippen LogP contribution in [0.25, 0.3) is 0 Å². The van der Waals surface area contributed by atoms with Gasteiger partial charge in [-0.3, -0.25) is 4.79 Å². The Balaban J connectivity index is 1.65. The summed E-state index contributed by atoms with van der Waals surface area (Å²) in [5.41, 5.74) is 0.614. The molecule has 23 heavy (non-hydrogen) atoms. The summed E-state index contributed by atoms with van der Waals surface area (Å²) >= 11 is 5.95. The number of carbonyl (C=O) groups is 1. The second-order valence-corrected chi connectivity index (χ2v) is 5.63. The number of carbonyl (C=O) groups excluding carboxylic acids is 1. The molecule has 1 fully saturated rings. The highest BCUT2D eigenvalue weighted by Gasteiger charge is 2.23. The molecule has 0 aliphatic carbocycles. The lowest BCUT2D eigenvalue weighted by molar-refractivity contribution is 0.0746. The quantitative estimate of drug-likeness (QED) is 0.861. The second kappa shape index (κ2) is 6.83. The number of hydrogen-bond acceptors (Lipinski definition) is 5. The summed E-state index contributed by atoms with van der Waals surface area (Å²) in [4.78, 5) is 25.0. The third kappa shape index (κ3) is 3.53. The maximum absolute atomic E-state index is 12.5. The average molecular weight is 333 g/mol. The van der Waals surface area contributed by atoms with E-state index in [4.69, 9.17) is 16.3 Å². The average Bonchev–Trinajstić information content (AvgIpc) is 2.61. The van der Waals surface area contributed by atoms with E-state index >= 15 is 0 Å². The summed E-state index contributed by atoms with van der Waals surface area (Å²) in [5, 5.41) is 0.569. The smallest absolute Gasteiger partial charge is 0.254 e. The van der Waals surface area contributed by atoms with Gasteiger partial charge in [0.25, 0.3) is 5.91 Å². The van der Waals surface area contributed by atoms with E-state index < -0.39 is 0 Å². The van der Waals surface area contributed by atoms with Crippen LogP contribution in [0.2, 0.25) is 5.02 Å². The van der Waals surface area contributed by atoms with Crippen molar-refractivity contribution in [3.8, 4) is 5.88 Å². The Kier molecular flexibility index (Phi) is 4.62. The summed E-state index contributed by atoms with van der Waals surface area (Å²) in [6.07, 6.45) is 1.67. The van der Waals surface area contributed by atoms with Crippen molar-refractivity contribution in [2.24, 2.45) is 0 Å². The maximum Gasteiger partial charge on any atom is 0.254 e. The number of benzene rings is 1. The molecule has 1 saturated heterocycles. The predicted octanol–water partition coefficient (Wildman–Crippen LogP) is 2.10. The van der Waals surface area contributed by atoms with Crippen LogP contribution < -0.4 is 9.64 Å². The van der Waals surface area contributed by atoms with Crippen LogP contribution in [-0.2, 0) is 0 Å². The van der Waals surface area contributed by atoms with Crippen LogP contribution in [0.1, 0.15) is 10.4 Å². The van der Waals surface area contributed by atoms with Gasteiger partial charge < -0.3 is 14.5 Å². The van der Waals surface area contributed by atoms with Crippen LogP contribution in [0.3, 0.4) is 0 Å². The maximum atomic E-state index is 12.5. The predicted molar refractivity (Wildman–Crippen MR) is 88.2 cm³/mol. The summed E-state index contributed by atoms with van der Waals surface area (Å²) in [6, 6.07) is 8.74. The number of rotatable bonds is 3. The molecular formula is C16H17ClN4O2. The minimum Gasteiger partial charge on any atom is -0.481 e. The molecule has 1 aromatic carbocycles. The van der Waals surface area contributed by atoms with E-state index in [0.717, 1.165) is 0 Å². The molecule has 0 unspecified atom stereocenters. The number of anilines is 1. The Hall–Kier alpha value is -2.34. The number of nitrogens with zero attached hydrogens (tertiary/aromatic N) is 4. The molecule has 120 valence electrons. The molecule has 0 bridgehead atoms. The van der Waals surface area contributed by atoms with Gasteiger partial charge in [-0.25, -0.2) is 4.98 Å². The number of aromatic nitrogens is 2. The van der Waals surface area contributed by atoms with Crippen molar-refractivity contribution in [2.45, 2.75) is 0 Å². The monoisotopic (exact) mass is 332 g/mol. The molecule has 3 rings (SSSR count). The number of methoxy groups -OCH3 is 1. The molecule has 2 aromatic rings. The van der Waals surface area contributed by atoms with Crippen LogP contribution in [0.5, 0.6) is 5.88 Å². The first-order valence-electron chi connectivity index (χ1n) is 7.34. The molecule has 1 aromatic heterocycles. The minimum absolute atomic E-state index is 0.00119. The van der Waals surface area contributed by atoms with Crippen molar-refractivity contribution < 1.29 is 9.53 Å². The number of amides is 1. The first kappa shape index (κ1) is 15.6. The third-order valence-corrected chi connectivity index (χ3v) is 3.98. The molecule has 2 heterocycles. The molecular weight excluding hydrogens is 316 g/mol. The lowest BCUT2D eigenvalue weighted by atomic mass is 10.2. The summed E-state index contributed by atoms with van der Waals surface area (Å²) < 4.78 is 5.12. The Morgan fingerprint density at radius 2 is 2.00 bits per heavy atom. The standard InChI is InChI=1S/C16H17ClN4O2/c1-23-14-5-6-18-16(19-14)21-9-7-20(8-10-21)15(22)12-3-2-4-13(17)11-12/h2-6,11H,7-10H2,1H3. The SMILES string of the molecule is COc1ccnc(N2CCN(C(=O)c3cccc(Cl)c3)CC2)n1. The fourth-order valence-electron chi connectivity index (χ4n) is 2.51. The summed E-state index contributed by atoms with van der Waals surface area (Å²) in [6.45, 7) is 2.59. The largest absolute Gasteiger partial charge is 0.481 e. The van der Waals surface area contributed by atoms with Gasteiger partial charge in [0.05, 0.1) is 7.11 Å². The zero-order chi connectivity index (χ0) is 16.2. The molecule has 1 aliphatic rings. The van der Waals surface area contributed by atoms with Gasteiger partial charge in [-0.15, -0.1) is 0 Å². The zero-order valence-electron chi connectivity index (χ0n) is 12.8. The number of ether oxygens (including phenoxy) is 1. The summed E-state index contributed by atoms with van der Waals surface area (Å²) in [7, 11) is 1.58. The highest BCUT2D eigenvalue weighted by Crippen LogP contribution is 2.17. The van der Waals surface area contributed by atoms with Gasteiger partial charge in [0.2, 0.25) is 11.8 Å². The van der Waals surface area contributed by atoms with E-state index in [9.17, 15) is 4.79 Å². The van der Waals surface area contributed by atoms with Gasteiger partial charge in [-0.1, -0.05) is 17.7 Å². The van der Waals surface area contributed by atoms with E-state index in [1.54, 1.807) is 43.6 Å². The Labute approximate surface area is 139 Å². The van der Waals surface area contributed by atoms with E-state index in [0.29, 0.717) is 48.6 Å². The van der Waals surface area contributed by atoms with Crippen molar-refractivity contribution in [3.05, 3.63) is 47.1 Å². The molecule has 1 aliphatic heterocycles. The van der Waals surface area contributed by atoms with Gasteiger partial charge in [0.15, 0.2) is 0 Å². The molecule has 6 nitrogen and oxygen atoms in total.